The monoisotopic (exact) mass is 362 g/mol. The number of rotatable bonds is 6. The first kappa shape index (κ1) is 19.6. The summed E-state index contributed by atoms with van der Waals surface area (Å²) in [6.07, 6.45) is 2.35. The molecule has 1 atom stereocenters. The fourth-order valence-corrected chi connectivity index (χ4v) is 3.69. The summed E-state index contributed by atoms with van der Waals surface area (Å²) < 4.78 is 0. The van der Waals surface area contributed by atoms with Crippen LogP contribution >= 0.6 is 35.8 Å². The van der Waals surface area contributed by atoms with E-state index in [1.165, 1.54) is 12.0 Å². The summed E-state index contributed by atoms with van der Waals surface area (Å²) in [5.74, 6) is 2.30. The molecule has 6 heteroatoms. The lowest BCUT2D eigenvalue weighted by Crippen LogP contribution is -2.43. The number of nitrogens with one attached hydrogen (secondary N) is 1. The Morgan fingerprint density at radius 2 is 2.14 bits per heavy atom. The molecule has 0 radical (unpaired) electrons. The molecule has 2 rings (SSSR count). The minimum atomic E-state index is 0. The third kappa shape index (κ3) is 6.37. The maximum atomic E-state index is 12.3. The van der Waals surface area contributed by atoms with Gasteiger partial charge in [-0.15, -0.1) is 24.2 Å². The second-order valence-electron chi connectivity index (χ2n) is 5.52. The molecule has 1 aromatic carbocycles. The number of piperidine rings is 1. The van der Waals surface area contributed by atoms with Gasteiger partial charge in [-0.25, -0.2) is 0 Å². The molecule has 3 nitrogen and oxygen atoms in total. The van der Waals surface area contributed by atoms with Gasteiger partial charge in [0.15, 0.2) is 0 Å². The maximum absolute atomic E-state index is 12.3. The van der Waals surface area contributed by atoms with E-state index >= 15 is 0 Å². The van der Waals surface area contributed by atoms with Crippen molar-refractivity contribution in [3.05, 3.63) is 34.9 Å². The van der Waals surface area contributed by atoms with Crippen molar-refractivity contribution in [3.63, 3.8) is 0 Å². The summed E-state index contributed by atoms with van der Waals surface area (Å²) in [5.41, 5.74) is 1.21. The van der Waals surface area contributed by atoms with Crippen LogP contribution in [-0.4, -0.2) is 43.2 Å². The molecule has 0 saturated carbocycles. The van der Waals surface area contributed by atoms with Crippen LogP contribution in [-0.2, 0) is 10.5 Å². The number of hydrogen-bond donors (Lipinski definition) is 1. The molecule has 1 N–H and O–H groups in total. The number of hydrogen-bond acceptors (Lipinski definition) is 3. The summed E-state index contributed by atoms with van der Waals surface area (Å²) >= 11 is 7.54. The Kier molecular flexibility index (Phi) is 9.25. The predicted molar refractivity (Wildman–Crippen MR) is 98.1 cm³/mol. The summed E-state index contributed by atoms with van der Waals surface area (Å²) in [4.78, 5) is 14.3. The topological polar surface area (TPSA) is 32.3 Å². The van der Waals surface area contributed by atoms with Gasteiger partial charge in [0, 0.05) is 23.9 Å². The highest BCUT2D eigenvalue weighted by Crippen LogP contribution is 2.19. The van der Waals surface area contributed by atoms with Crippen LogP contribution in [0.3, 0.4) is 0 Å². The average molecular weight is 363 g/mol. The van der Waals surface area contributed by atoms with E-state index < -0.39 is 0 Å². The Bertz CT molecular complexity index is 454. The molecule has 124 valence electrons. The summed E-state index contributed by atoms with van der Waals surface area (Å²) in [6.45, 7) is 2.82. The molecule has 0 aromatic heterocycles. The normalized spacial score (nSPS) is 17.9. The largest absolute Gasteiger partial charge is 0.342 e. The highest BCUT2D eigenvalue weighted by Gasteiger charge is 2.22. The molecule has 0 aliphatic carbocycles. The zero-order chi connectivity index (χ0) is 15.1. The van der Waals surface area contributed by atoms with Crippen LogP contribution in [0.4, 0.5) is 0 Å². The van der Waals surface area contributed by atoms with Gasteiger partial charge in [-0.3, -0.25) is 4.79 Å². The van der Waals surface area contributed by atoms with Crippen LogP contribution < -0.4 is 5.32 Å². The van der Waals surface area contributed by atoms with E-state index in [4.69, 9.17) is 11.6 Å². The van der Waals surface area contributed by atoms with Gasteiger partial charge in [0.05, 0.1) is 5.75 Å². The minimum Gasteiger partial charge on any atom is -0.342 e. The molecule has 1 aliphatic heterocycles. The van der Waals surface area contributed by atoms with Gasteiger partial charge in [-0.2, -0.15) is 0 Å². The summed E-state index contributed by atoms with van der Waals surface area (Å²) in [7, 11) is 1.97. The fourth-order valence-electron chi connectivity index (χ4n) is 2.67. The smallest absolute Gasteiger partial charge is 0.232 e. The van der Waals surface area contributed by atoms with Crippen molar-refractivity contribution in [1.29, 1.82) is 0 Å². The number of nitrogens with zero attached hydrogens (tertiary/aromatic N) is 1. The third-order valence-corrected chi connectivity index (χ3v) is 5.01. The van der Waals surface area contributed by atoms with Crippen LogP contribution in [0.5, 0.6) is 0 Å². The van der Waals surface area contributed by atoms with Gasteiger partial charge in [0.2, 0.25) is 5.91 Å². The summed E-state index contributed by atoms with van der Waals surface area (Å²) in [5, 5.41) is 3.97. The van der Waals surface area contributed by atoms with E-state index in [1.807, 2.05) is 36.2 Å². The molecular weight excluding hydrogens is 339 g/mol. The Morgan fingerprint density at radius 1 is 1.41 bits per heavy atom. The van der Waals surface area contributed by atoms with Crippen LogP contribution in [0.1, 0.15) is 18.4 Å². The van der Waals surface area contributed by atoms with Crippen molar-refractivity contribution in [1.82, 2.24) is 10.2 Å². The third-order valence-electron chi connectivity index (χ3n) is 3.77. The lowest BCUT2D eigenvalue weighted by atomic mass is 9.98. The molecule has 1 unspecified atom stereocenters. The number of benzene rings is 1. The molecular formula is C16H24Cl2N2OS. The van der Waals surface area contributed by atoms with Gasteiger partial charge < -0.3 is 10.2 Å². The number of likely N-dealkylation sites (tertiary alicyclic amines) is 1. The highest BCUT2D eigenvalue weighted by atomic mass is 35.5. The predicted octanol–water partition coefficient (Wildman–Crippen LogP) is 3.45. The quantitative estimate of drug-likeness (QED) is 0.840. The first-order valence-electron chi connectivity index (χ1n) is 7.43. The van der Waals surface area contributed by atoms with Crippen molar-refractivity contribution >= 4 is 41.7 Å². The van der Waals surface area contributed by atoms with Gasteiger partial charge in [-0.05, 0) is 50.0 Å². The SMILES string of the molecule is CNCC1CCCN(C(=O)CSCc2ccc(Cl)cc2)C1.Cl. The molecule has 1 heterocycles. The highest BCUT2D eigenvalue weighted by molar-refractivity contribution is 7.99. The van der Waals surface area contributed by atoms with Crippen LogP contribution in [0.25, 0.3) is 0 Å². The number of halogens is 2. The number of carbonyl (C=O) groups excluding carboxylic acids is 1. The molecule has 0 bridgehead atoms. The fraction of sp³-hybridized carbons (Fsp3) is 0.562. The second-order valence-corrected chi connectivity index (χ2v) is 6.95. The van der Waals surface area contributed by atoms with Crippen molar-refractivity contribution in [2.75, 3.05) is 32.4 Å². The average Bonchev–Trinajstić information content (AvgIpc) is 2.50. The number of thioether (sulfide) groups is 1. The van der Waals surface area contributed by atoms with E-state index in [9.17, 15) is 4.79 Å². The second kappa shape index (κ2) is 10.4. The Morgan fingerprint density at radius 3 is 2.82 bits per heavy atom. The van der Waals surface area contributed by atoms with Crippen LogP contribution in [0, 0.1) is 5.92 Å². The Balaban J connectivity index is 0.00000242. The lowest BCUT2D eigenvalue weighted by molar-refractivity contribution is -0.130. The van der Waals surface area contributed by atoms with Crippen LogP contribution in [0.2, 0.25) is 5.02 Å². The van der Waals surface area contributed by atoms with Gasteiger partial charge in [-0.1, -0.05) is 23.7 Å². The molecule has 0 spiro atoms. The molecule has 1 fully saturated rings. The number of carbonyl (C=O) groups is 1. The molecule has 1 aromatic rings. The maximum Gasteiger partial charge on any atom is 0.232 e. The number of amides is 1. The molecule has 1 amide bonds. The van der Waals surface area contributed by atoms with E-state index in [0.717, 1.165) is 36.8 Å². The van der Waals surface area contributed by atoms with E-state index in [0.29, 0.717) is 11.7 Å². The standard InChI is InChI=1S/C16H23ClN2OS.ClH/c1-18-9-14-3-2-8-19(10-14)16(20)12-21-11-13-4-6-15(17)7-5-13;/h4-7,14,18H,2-3,8-12H2,1H3;1H. The van der Waals surface area contributed by atoms with Crippen LogP contribution in [0.15, 0.2) is 24.3 Å². The zero-order valence-electron chi connectivity index (χ0n) is 12.9. The van der Waals surface area contributed by atoms with Crippen molar-refractivity contribution < 1.29 is 4.79 Å². The van der Waals surface area contributed by atoms with Gasteiger partial charge >= 0.3 is 0 Å². The molecule has 1 aliphatic rings. The van der Waals surface area contributed by atoms with Crippen molar-refractivity contribution in [3.8, 4) is 0 Å². The zero-order valence-corrected chi connectivity index (χ0v) is 15.3. The van der Waals surface area contributed by atoms with Crippen molar-refractivity contribution in [2.45, 2.75) is 18.6 Å². The Labute approximate surface area is 148 Å². The molecule has 22 heavy (non-hydrogen) atoms. The Hall–Kier alpha value is -0.420. The van der Waals surface area contributed by atoms with Gasteiger partial charge in [0.1, 0.15) is 0 Å². The minimum absolute atomic E-state index is 0. The van der Waals surface area contributed by atoms with Gasteiger partial charge in [0.25, 0.3) is 0 Å². The summed E-state index contributed by atoms with van der Waals surface area (Å²) in [6, 6.07) is 7.83. The first-order valence-corrected chi connectivity index (χ1v) is 8.97. The first-order chi connectivity index (χ1) is 10.2. The lowest BCUT2D eigenvalue weighted by Gasteiger charge is -2.32. The van der Waals surface area contributed by atoms with E-state index in [-0.39, 0.29) is 18.3 Å². The van der Waals surface area contributed by atoms with Crippen molar-refractivity contribution in [2.24, 2.45) is 5.92 Å². The van der Waals surface area contributed by atoms with E-state index in [2.05, 4.69) is 5.32 Å². The van der Waals surface area contributed by atoms with E-state index in [1.54, 1.807) is 11.8 Å². The molecule has 1 saturated heterocycles.